The summed E-state index contributed by atoms with van der Waals surface area (Å²) in [7, 11) is 0. The molecule has 2 nitrogen and oxygen atoms in total. The van der Waals surface area contributed by atoms with E-state index in [-0.39, 0.29) is 25.2 Å². The molecule has 1 atom stereocenters. The molecule has 0 spiro atoms. The van der Waals surface area contributed by atoms with Gasteiger partial charge in [0.2, 0.25) is 0 Å². The van der Waals surface area contributed by atoms with Gasteiger partial charge in [-0.3, -0.25) is 4.79 Å². The normalized spacial score (nSPS) is 23.1. The van der Waals surface area contributed by atoms with Crippen LogP contribution in [-0.4, -0.2) is 17.3 Å². The molecule has 0 aromatic carbocycles. The molecule has 0 aliphatic heterocycles. The summed E-state index contributed by atoms with van der Waals surface area (Å²) in [6.45, 7) is 0. The first-order chi connectivity index (χ1) is 6.39. The van der Waals surface area contributed by atoms with Crippen LogP contribution in [0.25, 0.3) is 0 Å². The van der Waals surface area contributed by atoms with E-state index in [0.717, 1.165) is 6.08 Å². The van der Waals surface area contributed by atoms with Crippen molar-refractivity contribution < 1.29 is 23.1 Å². The molecule has 0 bridgehead atoms. The molecule has 0 heterocycles. The first-order valence-electron chi connectivity index (χ1n) is 4.37. The fourth-order valence-electron chi connectivity index (χ4n) is 1.58. The summed E-state index contributed by atoms with van der Waals surface area (Å²) < 4.78 is 36.4. The van der Waals surface area contributed by atoms with Crippen molar-refractivity contribution in [2.45, 2.75) is 31.9 Å². The third-order valence-electron chi connectivity index (χ3n) is 2.35. The Bertz CT molecular complexity index is 255. The summed E-state index contributed by atoms with van der Waals surface area (Å²) in [4.78, 5) is 10.3. The predicted octanol–water partition coefficient (Wildman–Crippen LogP) is 2.75. The number of allylic oxidation sites excluding steroid dienone is 2. The van der Waals surface area contributed by atoms with E-state index in [4.69, 9.17) is 5.11 Å². The summed E-state index contributed by atoms with van der Waals surface area (Å²) in [5.41, 5.74) is -0.515. The second-order valence-electron chi connectivity index (χ2n) is 3.47. The van der Waals surface area contributed by atoms with E-state index < -0.39 is 17.7 Å². The number of halogens is 3. The topological polar surface area (TPSA) is 37.3 Å². The molecule has 1 unspecified atom stereocenters. The van der Waals surface area contributed by atoms with Gasteiger partial charge in [-0.1, -0.05) is 6.08 Å². The highest BCUT2D eigenvalue weighted by Crippen LogP contribution is 2.35. The van der Waals surface area contributed by atoms with Crippen LogP contribution in [-0.2, 0) is 4.79 Å². The number of aliphatic carboxylic acids is 1. The van der Waals surface area contributed by atoms with Crippen LogP contribution in [0.4, 0.5) is 13.2 Å². The van der Waals surface area contributed by atoms with Gasteiger partial charge >= 0.3 is 12.1 Å². The fourth-order valence-corrected chi connectivity index (χ4v) is 1.58. The maximum atomic E-state index is 12.1. The SMILES string of the molecule is O=C(O)CC1CC=C(C(F)(F)F)CC1. The summed E-state index contributed by atoms with van der Waals surface area (Å²) in [5.74, 6) is -1.09. The monoisotopic (exact) mass is 208 g/mol. The zero-order valence-electron chi connectivity index (χ0n) is 7.47. The Labute approximate surface area is 79.4 Å². The molecule has 1 rings (SSSR count). The summed E-state index contributed by atoms with van der Waals surface area (Å²) in [5, 5.41) is 8.45. The maximum Gasteiger partial charge on any atom is 0.412 e. The van der Waals surface area contributed by atoms with E-state index in [9.17, 15) is 18.0 Å². The zero-order valence-corrected chi connectivity index (χ0v) is 7.47. The molecule has 0 aromatic rings. The van der Waals surface area contributed by atoms with Crippen molar-refractivity contribution in [3.8, 4) is 0 Å². The molecule has 1 N–H and O–H groups in total. The number of carboxylic acid groups (broad SMARTS) is 1. The minimum Gasteiger partial charge on any atom is -0.481 e. The Morgan fingerprint density at radius 1 is 1.57 bits per heavy atom. The molecule has 1 aliphatic rings. The lowest BCUT2D eigenvalue weighted by atomic mass is 9.87. The van der Waals surface area contributed by atoms with Gasteiger partial charge in [0.05, 0.1) is 0 Å². The molecule has 0 saturated carbocycles. The van der Waals surface area contributed by atoms with Gasteiger partial charge in [-0.15, -0.1) is 0 Å². The molecule has 0 radical (unpaired) electrons. The van der Waals surface area contributed by atoms with Crippen LogP contribution in [0, 0.1) is 5.92 Å². The average Bonchev–Trinajstić information content (AvgIpc) is 2.02. The van der Waals surface area contributed by atoms with Crippen molar-refractivity contribution in [1.29, 1.82) is 0 Å². The first-order valence-corrected chi connectivity index (χ1v) is 4.37. The molecule has 0 amide bonds. The van der Waals surface area contributed by atoms with E-state index >= 15 is 0 Å². The van der Waals surface area contributed by atoms with Crippen LogP contribution < -0.4 is 0 Å². The number of hydrogen-bond donors (Lipinski definition) is 1. The molecule has 0 fully saturated rings. The predicted molar refractivity (Wildman–Crippen MR) is 43.7 cm³/mol. The van der Waals surface area contributed by atoms with Crippen molar-refractivity contribution in [3.05, 3.63) is 11.6 Å². The molecule has 0 saturated heterocycles. The van der Waals surface area contributed by atoms with Crippen LogP contribution in [0.2, 0.25) is 0 Å². The Morgan fingerprint density at radius 3 is 2.57 bits per heavy atom. The number of carboxylic acids is 1. The Balaban J connectivity index is 2.51. The molecular weight excluding hydrogens is 197 g/mol. The van der Waals surface area contributed by atoms with Gasteiger partial charge in [0.1, 0.15) is 0 Å². The van der Waals surface area contributed by atoms with E-state index in [1.807, 2.05) is 0 Å². The summed E-state index contributed by atoms with van der Waals surface area (Å²) in [6, 6.07) is 0. The molecule has 5 heteroatoms. The minimum absolute atomic E-state index is 0.0400. The third kappa shape index (κ3) is 3.05. The van der Waals surface area contributed by atoms with Crippen LogP contribution in [0.1, 0.15) is 25.7 Å². The molecule has 80 valence electrons. The van der Waals surface area contributed by atoms with Gasteiger partial charge in [-0.25, -0.2) is 0 Å². The lowest BCUT2D eigenvalue weighted by Crippen LogP contribution is -2.18. The smallest absolute Gasteiger partial charge is 0.412 e. The van der Waals surface area contributed by atoms with E-state index in [2.05, 4.69) is 0 Å². The van der Waals surface area contributed by atoms with Gasteiger partial charge in [0.25, 0.3) is 0 Å². The minimum atomic E-state index is -4.24. The largest absolute Gasteiger partial charge is 0.481 e. The zero-order chi connectivity index (χ0) is 10.8. The summed E-state index contributed by atoms with van der Waals surface area (Å²) >= 11 is 0. The van der Waals surface area contributed by atoms with Crippen molar-refractivity contribution in [1.82, 2.24) is 0 Å². The van der Waals surface area contributed by atoms with Crippen LogP contribution in [0.3, 0.4) is 0 Å². The standard InChI is InChI=1S/C9H11F3O2/c10-9(11,12)7-3-1-6(2-4-7)5-8(13)14/h3,6H,1-2,4-5H2,(H,13,14). The highest BCUT2D eigenvalue weighted by Gasteiger charge is 2.35. The fraction of sp³-hybridized carbons (Fsp3) is 0.667. The maximum absolute atomic E-state index is 12.1. The third-order valence-corrected chi connectivity index (χ3v) is 2.35. The second-order valence-corrected chi connectivity index (χ2v) is 3.47. The van der Waals surface area contributed by atoms with Crippen molar-refractivity contribution in [3.63, 3.8) is 0 Å². The van der Waals surface area contributed by atoms with Gasteiger partial charge in [0.15, 0.2) is 0 Å². The molecule has 14 heavy (non-hydrogen) atoms. The summed E-state index contributed by atoms with van der Waals surface area (Å²) in [6.07, 6.45) is -2.67. The Hall–Kier alpha value is -1.00. The number of hydrogen-bond acceptors (Lipinski definition) is 1. The highest BCUT2D eigenvalue weighted by molar-refractivity contribution is 5.67. The van der Waals surface area contributed by atoms with E-state index in [1.54, 1.807) is 0 Å². The second kappa shape index (κ2) is 4.02. The molecule has 1 aliphatic carbocycles. The van der Waals surface area contributed by atoms with Crippen molar-refractivity contribution in [2.24, 2.45) is 5.92 Å². The Kier molecular flexibility index (Phi) is 3.18. The van der Waals surface area contributed by atoms with Gasteiger partial charge < -0.3 is 5.11 Å². The lowest BCUT2D eigenvalue weighted by Gasteiger charge is -2.21. The quantitative estimate of drug-likeness (QED) is 0.708. The lowest BCUT2D eigenvalue weighted by molar-refractivity contribution is -0.138. The molecule has 0 aromatic heterocycles. The number of alkyl halides is 3. The van der Waals surface area contributed by atoms with Crippen molar-refractivity contribution >= 4 is 5.97 Å². The van der Waals surface area contributed by atoms with E-state index in [0.29, 0.717) is 6.42 Å². The average molecular weight is 208 g/mol. The van der Waals surface area contributed by atoms with Gasteiger partial charge in [-0.2, -0.15) is 13.2 Å². The van der Waals surface area contributed by atoms with Crippen LogP contribution in [0.5, 0.6) is 0 Å². The number of carbonyl (C=O) groups is 1. The first kappa shape index (κ1) is 11.1. The van der Waals surface area contributed by atoms with Crippen molar-refractivity contribution in [2.75, 3.05) is 0 Å². The highest BCUT2D eigenvalue weighted by atomic mass is 19.4. The number of rotatable bonds is 2. The molecular formula is C9H11F3O2. The van der Waals surface area contributed by atoms with Gasteiger partial charge in [-0.05, 0) is 25.2 Å². The van der Waals surface area contributed by atoms with Crippen LogP contribution >= 0.6 is 0 Å². The van der Waals surface area contributed by atoms with Gasteiger partial charge in [0, 0.05) is 12.0 Å². The Morgan fingerprint density at radius 2 is 2.21 bits per heavy atom. The van der Waals surface area contributed by atoms with E-state index in [1.165, 1.54) is 0 Å². The van der Waals surface area contributed by atoms with Crippen LogP contribution in [0.15, 0.2) is 11.6 Å².